The molecule has 4 rings (SSSR count). The molecular weight excluding hydrogens is 720 g/mol. The van der Waals surface area contributed by atoms with Crippen molar-refractivity contribution in [2.24, 2.45) is 0 Å². The Balaban J connectivity index is 1.41. The Morgan fingerprint density at radius 1 is 0.415 bits per heavy atom. The van der Waals surface area contributed by atoms with Crippen LogP contribution in [0.1, 0.15) is 26.7 Å². The van der Waals surface area contributed by atoms with E-state index >= 15 is 0 Å². The van der Waals surface area contributed by atoms with E-state index in [9.17, 15) is 51.1 Å². The number of ether oxygens (including phenoxy) is 11. The number of hydrogen-bond donors (Lipinski definition) is 10. The van der Waals surface area contributed by atoms with Gasteiger partial charge in [0.15, 0.2) is 25.2 Å². The fraction of sp³-hybridized carbons (Fsp3) is 1.00. The van der Waals surface area contributed by atoms with Crippen LogP contribution in [0.3, 0.4) is 0 Å². The van der Waals surface area contributed by atoms with Gasteiger partial charge in [0.25, 0.3) is 0 Å². The van der Waals surface area contributed by atoms with Gasteiger partial charge in [-0.2, -0.15) is 0 Å². The van der Waals surface area contributed by atoms with Crippen molar-refractivity contribution in [2.45, 2.75) is 150 Å². The maximum atomic E-state index is 11.1. The van der Waals surface area contributed by atoms with Crippen LogP contribution in [-0.2, 0) is 52.1 Å². The second-order valence-corrected chi connectivity index (χ2v) is 13.4. The minimum Gasteiger partial charge on any atom is -0.387 e. The van der Waals surface area contributed by atoms with Gasteiger partial charge in [0.05, 0.1) is 26.4 Å². The first kappa shape index (κ1) is 44.9. The molecule has 0 spiro atoms. The van der Waals surface area contributed by atoms with Crippen molar-refractivity contribution in [2.75, 3.05) is 53.9 Å². The lowest BCUT2D eigenvalue weighted by Gasteiger charge is -2.45. The molecular formula is C32H58O21. The third-order valence-electron chi connectivity index (χ3n) is 9.62. The van der Waals surface area contributed by atoms with Crippen molar-refractivity contribution < 1.29 is 103 Å². The zero-order chi connectivity index (χ0) is 39.0. The molecule has 0 aromatic carbocycles. The molecule has 21 nitrogen and oxygen atoms in total. The first-order valence-electron chi connectivity index (χ1n) is 17.8. The molecule has 20 atom stereocenters. The molecule has 4 fully saturated rings. The van der Waals surface area contributed by atoms with Crippen LogP contribution in [0, 0.1) is 0 Å². The number of aliphatic hydroxyl groups is 10. The van der Waals surface area contributed by atoms with Gasteiger partial charge in [-0.1, -0.05) is 13.3 Å². The van der Waals surface area contributed by atoms with Crippen LogP contribution in [0.5, 0.6) is 0 Å². The minimum absolute atomic E-state index is 0.120. The summed E-state index contributed by atoms with van der Waals surface area (Å²) in [6.45, 7) is 2.44. The summed E-state index contributed by atoms with van der Waals surface area (Å²) in [5.41, 5.74) is 0. The van der Waals surface area contributed by atoms with Gasteiger partial charge in [-0.25, -0.2) is 0 Å². The maximum Gasteiger partial charge on any atom is 0.186 e. The van der Waals surface area contributed by atoms with Gasteiger partial charge < -0.3 is 103 Å². The Hall–Kier alpha value is -0.840. The Kier molecular flexibility index (Phi) is 17.8. The smallest absolute Gasteiger partial charge is 0.186 e. The summed E-state index contributed by atoms with van der Waals surface area (Å²) in [4.78, 5) is 0. The lowest BCUT2D eigenvalue weighted by atomic mass is 9.97. The van der Waals surface area contributed by atoms with Crippen LogP contribution in [0.25, 0.3) is 0 Å². The lowest BCUT2D eigenvalue weighted by molar-refractivity contribution is -0.350. The molecule has 4 aliphatic heterocycles. The maximum absolute atomic E-state index is 11.1. The minimum atomic E-state index is -1.80. The zero-order valence-electron chi connectivity index (χ0n) is 30.2. The van der Waals surface area contributed by atoms with Crippen molar-refractivity contribution in [3.05, 3.63) is 0 Å². The second kappa shape index (κ2) is 21.1. The van der Waals surface area contributed by atoms with E-state index in [0.717, 1.165) is 6.42 Å². The van der Waals surface area contributed by atoms with Crippen LogP contribution in [0.15, 0.2) is 0 Å². The number of rotatable bonds is 18. The topological polar surface area (TPSA) is 304 Å². The molecule has 10 N–H and O–H groups in total. The second-order valence-electron chi connectivity index (χ2n) is 13.4. The summed E-state index contributed by atoms with van der Waals surface area (Å²) < 4.78 is 61.6. The molecule has 0 amide bonds. The van der Waals surface area contributed by atoms with E-state index < -0.39 is 136 Å². The summed E-state index contributed by atoms with van der Waals surface area (Å²) in [6, 6.07) is 0. The summed E-state index contributed by atoms with van der Waals surface area (Å²) in [6.07, 6.45) is -27.5. The van der Waals surface area contributed by atoms with Crippen LogP contribution in [0.2, 0.25) is 0 Å². The van der Waals surface area contributed by atoms with Gasteiger partial charge in [0.2, 0.25) is 0 Å². The molecule has 0 aromatic rings. The Morgan fingerprint density at radius 2 is 0.811 bits per heavy atom. The van der Waals surface area contributed by atoms with Gasteiger partial charge >= 0.3 is 0 Å². The van der Waals surface area contributed by atoms with E-state index in [0.29, 0.717) is 6.42 Å². The van der Waals surface area contributed by atoms with E-state index in [4.69, 9.17) is 52.1 Å². The van der Waals surface area contributed by atoms with Crippen molar-refractivity contribution >= 4 is 0 Å². The molecule has 0 radical (unpaired) electrons. The molecule has 4 saturated heterocycles. The first-order valence-corrected chi connectivity index (χ1v) is 17.8. The molecule has 53 heavy (non-hydrogen) atoms. The first-order chi connectivity index (χ1) is 25.3. The van der Waals surface area contributed by atoms with Crippen molar-refractivity contribution in [3.8, 4) is 0 Å². The van der Waals surface area contributed by atoms with Crippen LogP contribution < -0.4 is 0 Å². The van der Waals surface area contributed by atoms with Crippen molar-refractivity contribution in [1.82, 2.24) is 0 Å². The van der Waals surface area contributed by atoms with E-state index in [1.54, 1.807) is 6.92 Å². The Labute approximate surface area is 306 Å². The summed E-state index contributed by atoms with van der Waals surface area (Å²) in [5.74, 6) is 0. The molecule has 0 aliphatic carbocycles. The third kappa shape index (κ3) is 10.8. The van der Waals surface area contributed by atoms with Gasteiger partial charge in [-0.15, -0.1) is 0 Å². The molecule has 0 aromatic heterocycles. The lowest BCUT2D eigenvalue weighted by Crippen LogP contribution is -2.63. The summed E-state index contributed by atoms with van der Waals surface area (Å²) >= 11 is 0. The predicted molar refractivity (Wildman–Crippen MR) is 172 cm³/mol. The highest BCUT2D eigenvalue weighted by Crippen LogP contribution is 2.30. The quantitative estimate of drug-likeness (QED) is 0.0580. The average Bonchev–Trinajstić information content (AvgIpc) is 3.14. The standard InChI is InChI=1S/C32H58O21/c1-5-7-8-46-28-16(12-49-30-23(39)19(35)17(33)13(50-30)9-43-3)53-32(26(42)22(28)38)47-10-14-18(34)20(36)24(40)31(51-14)48-11-15-27(45-6-2)21(37)25(41)29(44-4)52-15/h13-42H,5-12H2,1-4H3/t13-,14-,15-,16-,17?,18?,19-,20-,21+,22+,23-,24-,25-,26-,27?,28?,29?,30+,31-,32+/m0/s1. The van der Waals surface area contributed by atoms with E-state index in [1.807, 2.05) is 6.92 Å². The highest BCUT2D eigenvalue weighted by Gasteiger charge is 2.51. The van der Waals surface area contributed by atoms with Crippen molar-refractivity contribution in [3.63, 3.8) is 0 Å². The fourth-order valence-electron chi connectivity index (χ4n) is 6.50. The molecule has 4 aliphatic rings. The number of aliphatic hydroxyl groups excluding tert-OH is 10. The van der Waals surface area contributed by atoms with Gasteiger partial charge in [-0.05, 0) is 13.3 Å². The molecule has 4 heterocycles. The highest BCUT2D eigenvalue weighted by atomic mass is 16.8. The summed E-state index contributed by atoms with van der Waals surface area (Å²) in [5, 5.41) is 106. The van der Waals surface area contributed by atoms with E-state index in [2.05, 4.69) is 0 Å². The summed E-state index contributed by atoms with van der Waals surface area (Å²) in [7, 11) is 2.63. The highest BCUT2D eigenvalue weighted by molar-refractivity contribution is 4.95. The normalized spacial score (nSPS) is 46.8. The van der Waals surface area contributed by atoms with Crippen LogP contribution in [0.4, 0.5) is 0 Å². The SMILES string of the molecule is CCCCOC1[C@H](CO[C@@H]2O[C@@H](COC)C(O)[C@H](O)[C@@H]2O)O[C@@H](OC[C@@H]2O[C@H](OC[C@@H]3OC(OC)[C@@H](O)[C@@H](O)C3OCC)[C@@H](O)[C@@H](O)C2O)[C@@H](O)[C@H]1O. The largest absolute Gasteiger partial charge is 0.387 e. The van der Waals surface area contributed by atoms with E-state index in [1.165, 1.54) is 14.2 Å². The van der Waals surface area contributed by atoms with E-state index in [-0.39, 0.29) is 26.4 Å². The van der Waals surface area contributed by atoms with Crippen LogP contribution >= 0.6 is 0 Å². The molecule has 0 saturated carbocycles. The molecule has 5 unspecified atom stereocenters. The Bertz CT molecular complexity index is 1050. The third-order valence-corrected chi connectivity index (χ3v) is 9.62. The zero-order valence-corrected chi connectivity index (χ0v) is 30.2. The number of hydrogen-bond acceptors (Lipinski definition) is 21. The monoisotopic (exact) mass is 778 g/mol. The predicted octanol–water partition coefficient (Wildman–Crippen LogP) is -5.57. The van der Waals surface area contributed by atoms with Gasteiger partial charge in [0.1, 0.15) is 97.7 Å². The fourth-order valence-corrected chi connectivity index (χ4v) is 6.50. The number of methoxy groups -OCH3 is 2. The molecule has 0 bridgehead atoms. The molecule has 21 heteroatoms. The van der Waals surface area contributed by atoms with Crippen LogP contribution in [-0.4, -0.2) is 228 Å². The van der Waals surface area contributed by atoms with Gasteiger partial charge in [-0.3, -0.25) is 0 Å². The Morgan fingerprint density at radius 3 is 1.26 bits per heavy atom. The van der Waals surface area contributed by atoms with Gasteiger partial charge in [0, 0.05) is 27.4 Å². The molecule has 312 valence electrons. The van der Waals surface area contributed by atoms with Crippen molar-refractivity contribution in [1.29, 1.82) is 0 Å². The number of unbranched alkanes of at least 4 members (excludes halogenated alkanes) is 1. The average molecular weight is 779 g/mol.